The first kappa shape index (κ1) is 13.5. The van der Waals surface area contributed by atoms with Gasteiger partial charge in [-0.25, -0.2) is 0 Å². The topological polar surface area (TPSA) is 92.6 Å². The Morgan fingerprint density at radius 3 is 2.84 bits per heavy atom. The number of amides is 2. The Balaban J connectivity index is 2.68. The number of hydrogen-bond acceptors (Lipinski definition) is 4. The van der Waals surface area contributed by atoms with Crippen molar-refractivity contribution >= 4 is 45.3 Å². The number of carbonyl (C=O) groups excluding carboxylic acids is 2. The lowest BCUT2D eigenvalue weighted by atomic mass is 10.1. The molecule has 19 heavy (non-hydrogen) atoms. The maximum atomic E-state index is 11.8. The van der Waals surface area contributed by atoms with Crippen molar-refractivity contribution in [3.63, 3.8) is 0 Å². The molecular weight excluding hydrogens is 318 g/mol. The van der Waals surface area contributed by atoms with Gasteiger partial charge in [0.15, 0.2) is 0 Å². The van der Waals surface area contributed by atoms with E-state index in [-0.39, 0.29) is 23.8 Å². The first-order valence-corrected chi connectivity index (χ1v) is 6.24. The van der Waals surface area contributed by atoms with Crippen LogP contribution >= 0.6 is 15.9 Å². The lowest BCUT2D eigenvalue weighted by Gasteiger charge is -2.18. The highest BCUT2D eigenvalue weighted by atomic mass is 79.9. The molecular formula is C11H10BrN3O4. The molecule has 0 bridgehead atoms. The highest BCUT2D eigenvalue weighted by Crippen LogP contribution is 2.39. The fourth-order valence-electron chi connectivity index (χ4n) is 1.90. The van der Waals surface area contributed by atoms with Gasteiger partial charge in [-0.2, -0.15) is 0 Å². The zero-order valence-corrected chi connectivity index (χ0v) is 11.5. The van der Waals surface area contributed by atoms with E-state index in [0.29, 0.717) is 16.6 Å². The van der Waals surface area contributed by atoms with Gasteiger partial charge in [-0.15, -0.1) is 0 Å². The van der Waals surface area contributed by atoms with Crippen LogP contribution in [0.2, 0.25) is 0 Å². The van der Waals surface area contributed by atoms with E-state index in [4.69, 9.17) is 0 Å². The Hall–Kier alpha value is -1.96. The first-order valence-electron chi connectivity index (χ1n) is 5.44. The van der Waals surface area contributed by atoms with Gasteiger partial charge in [-0.1, -0.05) is 22.9 Å². The summed E-state index contributed by atoms with van der Waals surface area (Å²) in [7, 11) is 0. The minimum Gasteiger partial charge on any atom is -0.318 e. The molecule has 1 N–H and O–H groups in total. The molecule has 1 heterocycles. The van der Waals surface area contributed by atoms with E-state index in [1.807, 2.05) is 0 Å². The molecule has 7 nitrogen and oxygen atoms in total. The average molecular weight is 328 g/mol. The van der Waals surface area contributed by atoms with Gasteiger partial charge < -0.3 is 10.2 Å². The molecule has 1 aliphatic heterocycles. The molecule has 1 unspecified atom stereocenters. The summed E-state index contributed by atoms with van der Waals surface area (Å²) in [5.74, 6) is -0.799. The number of nitrogens with one attached hydrogen (secondary N) is 1. The van der Waals surface area contributed by atoms with Crippen molar-refractivity contribution in [3.05, 3.63) is 26.7 Å². The van der Waals surface area contributed by atoms with Crippen LogP contribution in [0.25, 0.3) is 0 Å². The van der Waals surface area contributed by atoms with Crippen molar-refractivity contribution in [3.8, 4) is 0 Å². The molecule has 1 aromatic rings. The molecule has 0 saturated carbocycles. The summed E-state index contributed by atoms with van der Waals surface area (Å²) in [6.45, 7) is 1.83. The number of carbonyl (C=O) groups is 2. The smallest absolute Gasteiger partial charge is 0.296 e. The van der Waals surface area contributed by atoms with Crippen molar-refractivity contribution in [1.82, 2.24) is 0 Å². The predicted molar refractivity (Wildman–Crippen MR) is 72.0 cm³/mol. The Kier molecular flexibility index (Phi) is 3.52. The van der Waals surface area contributed by atoms with Crippen LogP contribution in [0.1, 0.15) is 6.92 Å². The van der Waals surface area contributed by atoms with Crippen LogP contribution in [-0.2, 0) is 9.59 Å². The van der Waals surface area contributed by atoms with Gasteiger partial charge in [-0.3, -0.25) is 19.7 Å². The molecule has 0 saturated heterocycles. The van der Waals surface area contributed by atoms with Crippen LogP contribution in [0.15, 0.2) is 16.6 Å². The summed E-state index contributed by atoms with van der Waals surface area (Å²) in [5, 5.41) is 13.6. The summed E-state index contributed by atoms with van der Waals surface area (Å²) in [6.07, 6.45) is 0.561. The van der Waals surface area contributed by atoms with E-state index in [0.717, 1.165) is 0 Å². The largest absolute Gasteiger partial charge is 0.318 e. The minimum absolute atomic E-state index is 0.0506. The summed E-state index contributed by atoms with van der Waals surface area (Å²) in [6, 6.07) is 2.85. The van der Waals surface area contributed by atoms with Crippen LogP contribution < -0.4 is 10.2 Å². The van der Waals surface area contributed by atoms with Crippen LogP contribution in [-0.4, -0.2) is 23.8 Å². The zero-order chi connectivity index (χ0) is 14.2. The molecule has 1 aromatic carbocycles. The molecule has 2 rings (SSSR count). The first-order chi connectivity index (χ1) is 8.93. The van der Waals surface area contributed by atoms with E-state index in [2.05, 4.69) is 21.2 Å². The second-order valence-electron chi connectivity index (χ2n) is 4.22. The summed E-state index contributed by atoms with van der Waals surface area (Å²) in [4.78, 5) is 34.7. The van der Waals surface area contributed by atoms with Crippen LogP contribution in [0.3, 0.4) is 0 Å². The van der Waals surface area contributed by atoms with Gasteiger partial charge in [0.2, 0.25) is 12.3 Å². The van der Waals surface area contributed by atoms with Gasteiger partial charge in [0.25, 0.3) is 5.69 Å². The lowest BCUT2D eigenvalue weighted by molar-refractivity contribution is -0.383. The van der Waals surface area contributed by atoms with E-state index < -0.39 is 10.8 Å². The number of benzene rings is 1. The van der Waals surface area contributed by atoms with Gasteiger partial charge in [0.05, 0.1) is 16.5 Å². The van der Waals surface area contributed by atoms with Crippen LogP contribution in [0.4, 0.5) is 17.1 Å². The number of hydrogen-bond donors (Lipinski definition) is 1. The molecule has 0 fully saturated rings. The average Bonchev–Trinajstić information content (AvgIpc) is 2.47. The fourth-order valence-corrected chi connectivity index (χ4v) is 2.33. The van der Waals surface area contributed by atoms with E-state index >= 15 is 0 Å². The van der Waals surface area contributed by atoms with Crippen molar-refractivity contribution in [2.75, 3.05) is 16.8 Å². The molecule has 0 spiro atoms. The Morgan fingerprint density at radius 1 is 1.58 bits per heavy atom. The van der Waals surface area contributed by atoms with Crippen molar-refractivity contribution in [1.29, 1.82) is 0 Å². The third-order valence-electron chi connectivity index (χ3n) is 2.86. The molecule has 100 valence electrons. The summed E-state index contributed by atoms with van der Waals surface area (Å²) >= 11 is 3.16. The summed E-state index contributed by atoms with van der Waals surface area (Å²) in [5.41, 5.74) is 0.113. The highest BCUT2D eigenvalue weighted by Gasteiger charge is 2.30. The van der Waals surface area contributed by atoms with Gasteiger partial charge in [0.1, 0.15) is 5.69 Å². The molecule has 1 atom stereocenters. The van der Waals surface area contributed by atoms with Crippen LogP contribution in [0.5, 0.6) is 0 Å². The third kappa shape index (κ3) is 2.43. The number of rotatable bonds is 2. The molecule has 2 amide bonds. The van der Waals surface area contributed by atoms with E-state index in [1.54, 1.807) is 13.0 Å². The number of nitro groups is 1. The van der Waals surface area contributed by atoms with Crippen molar-refractivity contribution in [2.45, 2.75) is 6.92 Å². The molecule has 0 aromatic heterocycles. The second-order valence-corrected chi connectivity index (χ2v) is 5.14. The monoisotopic (exact) mass is 327 g/mol. The molecule has 1 aliphatic rings. The maximum Gasteiger partial charge on any atom is 0.296 e. The molecule has 8 heteroatoms. The second kappa shape index (κ2) is 4.96. The van der Waals surface area contributed by atoms with Crippen LogP contribution in [0, 0.1) is 16.0 Å². The van der Waals surface area contributed by atoms with Crippen molar-refractivity contribution in [2.24, 2.45) is 5.92 Å². The minimum atomic E-state index is -0.594. The zero-order valence-electron chi connectivity index (χ0n) is 9.92. The normalized spacial score (nSPS) is 18.3. The van der Waals surface area contributed by atoms with E-state index in [9.17, 15) is 19.7 Å². The Labute approximate surface area is 116 Å². The quantitative estimate of drug-likeness (QED) is 0.510. The van der Waals surface area contributed by atoms with E-state index in [1.165, 1.54) is 11.0 Å². The standard InChI is InChI=1S/C11H10BrN3O4/c1-6-4-14(5-16)8-2-7(12)3-9(15(18)19)10(8)13-11(6)17/h2-3,5-6H,4H2,1H3,(H,13,17). The van der Waals surface area contributed by atoms with Gasteiger partial charge >= 0.3 is 0 Å². The summed E-state index contributed by atoms with van der Waals surface area (Å²) < 4.78 is 0.466. The Morgan fingerprint density at radius 2 is 2.26 bits per heavy atom. The molecule has 0 radical (unpaired) electrons. The number of halogens is 1. The number of anilines is 2. The van der Waals surface area contributed by atoms with Gasteiger partial charge in [-0.05, 0) is 6.07 Å². The fraction of sp³-hybridized carbons (Fsp3) is 0.273. The highest BCUT2D eigenvalue weighted by molar-refractivity contribution is 9.10. The SMILES string of the molecule is CC1CN(C=O)c2cc(Br)cc([N+](=O)[O-])c2NC1=O. The Bertz CT molecular complexity index is 575. The molecule has 0 aliphatic carbocycles. The third-order valence-corrected chi connectivity index (χ3v) is 3.32. The lowest BCUT2D eigenvalue weighted by Crippen LogP contribution is -2.29. The maximum absolute atomic E-state index is 11.8. The van der Waals surface area contributed by atoms with Crippen molar-refractivity contribution < 1.29 is 14.5 Å². The van der Waals surface area contributed by atoms with Gasteiger partial charge in [0, 0.05) is 17.1 Å². The predicted octanol–water partition coefficient (Wildman–Crippen LogP) is 1.91. The number of nitrogens with zero attached hydrogens (tertiary/aromatic N) is 2. The number of fused-ring (bicyclic) bond motifs is 1. The number of nitro benzene ring substituents is 1.